The van der Waals surface area contributed by atoms with Crippen molar-refractivity contribution in [2.24, 2.45) is 0 Å². The number of hydrogen-bond acceptors (Lipinski definition) is 22. The molecule has 4 saturated heterocycles. The van der Waals surface area contributed by atoms with E-state index in [0.717, 1.165) is 190 Å². The van der Waals surface area contributed by atoms with Gasteiger partial charge in [0, 0.05) is 205 Å². The van der Waals surface area contributed by atoms with E-state index in [1.54, 1.807) is 12.4 Å². The Morgan fingerprint density at radius 1 is 0.478 bits per heavy atom. The van der Waals surface area contributed by atoms with Crippen molar-refractivity contribution in [1.82, 2.24) is 69.1 Å². The maximum Gasteiger partial charge on any atom is 0.236 e. The minimum absolute atomic E-state index is 0.158. The second-order valence-corrected chi connectivity index (χ2v) is 24.9. The third kappa shape index (κ3) is 19.4. The highest BCUT2D eigenvalue weighted by molar-refractivity contribution is 5.78. The molecule has 24 heteroatoms. The van der Waals surface area contributed by atoms with Gasteiger partial charge in [-0.1, -0.05) is 24.3 Å². The number of pyridine rings is 2. The largest absolute Gasteiger partial charge is 0.379 e. The topological polar surface area (TPSA) is 205 Å². The van der Waals surface area contributed by atoms with Crippen molar-refractivity contribution < 1.29 is 28.5 Å². The molecule has 6 aromatic rings. The summed E-state index contributed by atoms with van der Waals surface area (Å²) >= 11 is 0. The highest BCUT2D eigenvalue weighted by Gasteiger charge is 2.31. The molecule has 4 fully saturated rings. The third-order valence-corrected chi connectivity index (χ3v) is 18.2. The Morgan fingerprint density at radius 3 is 1.34 bits per heavy atom. The van der Waals surface area contributed by atoms with Gasteiger partial charge in [-0.25, -0.2) is 29.9 Å². The highest BCUT2D eigenvalue weighted by Crippen LogP contribution is 2.26. The fourth-order valence-corrected chi connectivity index (χ4v) is 12.5. The lowest BCUT2D eigenvalue weighted by atomic mass is 10.1. The molecule has 2 aromatic carbocycles. The van der Waals surface area contributed by atoms with Crippen LogP contribution in [0.25, 0.3) is 22.5 Å². The number of ether oxygens (including phenoxy) is 4. The Kier molecular flexibility index (Phi) is 24.0. The third-order valence-electron chi connectivity index (χ3n) is 18.2. The molecule has 0 radical (unpaired) electrons. The maximum atomic E-state index is 13.3. The summed E-state index contributed by atoms with van der Waals surface area (Å²) in [7, 11) is 7.90. The normalized spacial score (nSPS) is 23.3. The van der Waals surface area contributed by atoms with Gasteiger partial charge in [0.15, 0.2) is 0 Å². The van der Waals surface area contributed by atoms with E-state index in [9.17, 15) is 9.59 Å². The first kappa shape index (κ1) is 66.1. The molecular weight excluding hydrogens is 1160 g/mol. The predicted molar refractivity (Wildman–Crippen MR) is 358 cm³/mol. The van der Waals surface area contributed by atoms with Gasteiger partial charge in [-0.3, -0.25) is 39.0 Å². The monoisotopic (exact) mass is 1260 g/mol. The second kappa shape index (κ2) is 33.5. The number of morpholine rings is 2. The van der Waals surface area contributed by atoms with E-state index < -0.39 is 0 Å². The van der Waals surface area contributed by atoms with Crippen molar-refractivity contribution in [3.8, 4) is 22.5 Å². The number of anilines is 6. The molecule has 18 rings (SSSR count). The number of benzene rings is 2. The highest BCUT2D eigenvalue weighted by atomic mass is 16.5. The van der Waals surface area contributed by atoms with Crippen LogP contribution in [0.3, 0.4) is 0 Å². The molecule has 4 aromatic heterocycles. The Bertz CT molecular complexity index is 3050. The fraction of sp³-hybridized carbons (Fsp3) is 0.529. The van der Waals surface area contributed by atoms with Crippen LogP contribution in [0, 0.1) is 0 Å². The summed E-state index contributed by atoms with van der Waals surface area (Å²) in [4.78, 5) is 76.8. The fourth-order valence-electron chi connectivity index (χ4n) is 12.5. The number of likely N-dealkylation sites (N-methyl/N-ethyl adjacent to an activating group) is 2. The molecule has 492 valence electrons. The summed E-state index contributed by atoms with van der Waals surface area (Å²) in [6, 6.07) is 29.2. The predicted octanol–water partition coefficient (Wildman–Crippen LogP) is 4.83. The number of rotatable bonds is 10. The molecule has 16 bridgehead atoms. The lowest BCUT2D eigenvalue weighted by Gasteiger charge is -2.41. The lowest BCUT2D eigenvalue weighted by molar-refractivity contribution is -0.133. The van der Waals surface area contributed by atoms with E-state index in [4.69, 9.17) is 38.9 Å². The van der Waals surface area contributed by atoms with Crippen molar-refractivity contribution in [2.45, 2.75) is 38.0 Å². The first-order chi connectivity index (χ1) is 45.0. The van der Waals surface area contributed by atoms with Crippen LogP contribution < -0.4 is 20.4 Å². The molecule has 0 aliphatic carbocycles. The molecule has 0 spiro atoms. The standard InChI is InChI=1S/2C34H47N9O3/c2*1-39-11-4-12-40(2)33(44)25-42-13-14-43(30(24-42)26-46-20-17-41-15-18-45-19-16-41)23-27-5-3-6-29(21-27)37-34-35-10-9-31(38-34)28-7-8-32(39)36-22-28/h2*3,5-10,21-22,30H,4,11-20,23-26H2,1-2H3,(H,35,37,38). The molecule has 16 heterocycles. The molecule has 2 N–H and O–H groups in total. The summed E-state index contributed by atoms with van der Waals surface area (Å²) in [5.41, 5.74) is 7.75. The zero-order valence-corrected chi connectivity index (χ0v) is 54.4. The van der Waals surface area contributed by atoms with Crippen LogP contribution >= 0.6 is 0 Å². The van der Waals surface area contributed by atoms with Crippen LogP contribution in [0.15, 0.2) is 110 Å². The first-order valence-corrected chi connectivity index (χ1v) is 32.9. The average Bonchev–Trinajstić information content (AvgIpc) is 1.59. The van der Waals surface area contributed by atoms with Gasteiger partial charge in [0.25, 0.3) is 0 Å². The molecule has 0 saturated carbocycles. The van der Waals surface area contributed by atoms with Crippen molar-refractivity contribution in [2.75, 3.05) is 219 Å². The van der Waals surface area contributed by atoms with Gasteiger partial charge in [-0.15, -0.1) is 0 Å². The Balaban J connectivity index is 0.000000188. The number of piperazine rings is 2. The minimum atomic E-state index is 0.158. The smallest absolute Gasteiger partial charge is 0.236 e. The van der Waals surface area contributed by atoms with E-state index in [0.29, 0.717) is 64.5 Å². The molecular formula is C68H94N18O6. The SMILES string of the molecule is CN1CCCN(C)c2ccc(cn2)-c2ccnc(n2)Nc2cccc(c2)CN2CCN(CC1=O)CC2COCCN1CCOCC1.CN1CCCN(C)c2ccc(cn2)-c2ccnc(n2)Nc2cccc(c2)CN2CCN(CC1=O)CC2COCCN1CCOCC1. The molecule has 12 aliphatic heterocycles. The lowest BCUT2D eigenvalue weighted by Crippen LogP contribution is -2.56. The van der Waals surface area contributed by atoms with Crippen molar-refractivity contribution in [3.63, 3.8) is 0 Å². The van der Waals surface area contributed by atoms with E-state index in [1.165, 1.54) is 11.1 Å². The van der Waals surface area contributed by atoms with Crippen LogP contribution in [0.1, 0.15) is 24.0 Å². The van der Waals surface area contributed by atoms with E-state index in [2.05, 4.69) is 96.2 Å². The summed E-state index contributed by atoms with van der Waals surface area (Å²) < 4.78 is 23.5. The van der Waals surface area contributed by atoms with Gasteiger partial charge < -0.3 is 49.2 Å². The van der Waals surface area contributed by atoms with E-state index in [-0.39, 0.29) is 23.9 Å². The summed E-state index contributed by atoms with van der Waals surface area (Å²) in [5.74, 6) is 3.18. The van der Waals surface area contributed by atoms with Crippen LogP contribution in [0.5, 0.6) is 0 Å². The number of nitrogens with zero attached hydrogens (tertiary/aromatic N) is 16. The number of carbonyl (C=O) groups is 2. The van der Waals surface area contributed by atoms with E-state index in [1.807, 2.05) is 98.9 Å². The van der Waals surface area contributed by atoms with Gasteiger partial charge in [0.2, 0.25) is 23.7 Å². The Labute approximate surface area is 542 Å². The van der Waals surface area contributed by atoms with Crippen LogP contribution in [-0.2, 0) is 41.6 Å². The number of hydrogen-bond donors (Lipinski definition) is 2. The molecule has 92 heavy (non-hydrogen) atoms. The Morgan fingerprint density at radius 2 is 0.913 bits per heavy atom. The van der Waals surface area contributed by atoms with Gasteiger partial charge in [-0.2, -0.15) is 0 Å². The maximum absolute atomic E-state index is 13.3. The minimum Gasteiger partial charge on any atom is -0.379 e. The van der Waals surface area contributed by atoms with Crippen LogP contribution in [0.4, 0.5) is 34.9 Å². The van der Waals surface area contributed by atoms with Crippen molar-refractivity contribution >= 4 is 46.7 Å². The van der Waals surface area contributed by atoms with Crippen LogP contribution in [0.2, 0.25) is 0 Å². The Hall–Kier alpha value is -7.36. The first-order valence-electron chi connectivity index (χ1n) is 32.9. The zero-order valence-electron chi connectivity index (χ0n) is 54.4. The summed E-state index contributed by atoms with van der Waals surface area (Å²) in [5, 5.41) is 6.81. The van der Waals surface area contributed by atoms with Gasteiger partial charge in [0.1, 0.15) is 11.6 Å². The molecule has 2 amide bonds. The summed E-state index contributed by atoms with van der Waals surface area (Å²) in [6.07, 6.45) is 8.97. The van der Waals surface area contributed by atoms with Gasteiger partial charge in [-0.05, 0) is 84.6 Å². The molecule has 24 nitrogen and oxygen atoms in total. The van der Waals surface area contributed by atoms with Crippen molar-refractivity contribution in [3.05, 3.63) is 121 Å². The number of carbonyl (C=O) groups excluding carboxylic acids is 2. The number of nitrogens with one attached hydrogen (secondary N) is 2. The van der Waals surface area contributed by atoms with Crippen LogP contribution in [-0.4, -0.2) is 292 Å². The van der Waals surface area contributed by atoms with Gasteiger partial charge in [0.05, 0.1) is 77.3 Å². The number of amides is 2. The molecule has 6 atom stereocenters. The molecule has 12 aliphatic rings. The molecule has 6 unspecified atom stereocenters. The number of aromatic nitrogens is 6. The average molecular weight is 1260 g/mol. The van der Waals surface area contributed by atoms with Gasteiger partial charge >= 0.3 is 0 Å². The van der Waals surface area contributed by atoms with E-state index >= 15 is 0 Å². The summed E-state index contributed by atoms with van der Waals surface area (Å²) in [6.45, 7) is 21.9. The second-order valence-electron chi connectivity index (χ2n) is 24.9. The quantitative estimate of drug-likeness (QED) is 0.176. The van der Waals surface area contributed by atoms with Crippen molar-refractivity contribution in [1.29, 1.82) is 0 Å². The zero-order chi connectivity index (χ0) is 63.4.